The molecule has 2 atom stereocenters. The molecule has 6 heteroatoms. The van der Waals surface area contributed by atoms with Gasteiger partial charge in [-0.3, -0.25) is 4.99 Å². The zero-order valence-electron chi connectivity index (χ0n) is 17.4. The molecule has 1 fully saturated rings. The van der Waals surface area contributed by atoms with Crippen molar-refractivity contribution < 1.29 is 9.84 Å². The third-order valence-electron chi connectivity index (χ3n) is 4.71. The van der Waals surface area contributed by atoms with E-state index in [0.717, 1.165) is 36.3 Å². The highest BCUT2D eigenvalue weighted by Gasteiger charge is 2.32. The molecule has 1 aromatic carbocycles. The van der Waals surface area contributed by atoms with Gasteiger partial charge >= 0.3 is 0 Å². The highest BCUT2D eigenvalue weighted by atomic mass is 16.5. The van der Waals surface area contributed by atoms with Gasteiger partial charge in [0, 0.05) is 19.1 Å². The predicted octanol–water partition coefficient (Wildman–Crippen LogP) is 2.40. The van der Waals surface area contributed by atoms with Gasteiger partial charge in [0.2, 0.25) is 0 Å². The van der Waals surface area contributed by atoms with Gasteiger partial charge in [-0.25, -0.2) is 0 Å². The molecule has 0 aliphatic heterocycles. The largest absolute Gasteiger partial charge is 0.491 e. The van der Waals surface area contributed by atoms with Crippen molar-refractivity contribution in [3.8, 4) is 5.75 Å². The first-order valence-corrected chi connectivity index (χ1v) is 10.0. The first-order chi connectivity index (χ1) is 12.9. The third kappa shape index (κ3) is 7.39. The maximum absolute atomic E-state index is 10.5. The summed E-state index contributed by atoms with van der Waals surface area (Å²) in [5.41, 5.74) is 0.860. The Morgan fingerprint density at radius 3 is 2.41 bits per heavy atom. The zero-order chi connectivity index (χ0) is 19.8. The van der Waals surface area contributed by atoms with E-state index in [2.05, 4.69) is 29.6 Å². The van der Waals surface area contributed by atoms with Crippen LogP contribution in [-0.2, 0) is 0 Å². The molecule has 0 heterocycles. The second-order valence-electron chi connectivity index (χ2n) is 7.72. The van der Waals surface area contributed by atoms with E-state index in [9.17, 15) is 5.11 Å². The van der Waals surface area contributed by atoms with Crippen molar-refractivity contribution in [2.45, 2.75) is 51.9 Å². The van der Waals surface area contributed by atoms with Gasteiger partial charge in [-0.05, 0) is 71.3 Å². The molecule has 27 heavy (non-hydrogen) atoms. The number of rotatable bonds is 10. The van der Waals surface area contributed by atoms with Crippen molar-refractivity contribution in [2.24, 2.45) is 10.9 Å². The molecule has 0 radical (unpaired) electrons. The van der Waals surface area contributed by atoms with E-state index in [1.54, 1.807) is 0 Å². The van der Waals surface area contributed by atoms with E-state index in [-0.39, 0.29) is 6.10 Å². The molecule has 6 nitrogen and oxygen atoms in total. The number of likely N-dealkylation sites (N-methyl/N-ethyl adjacent to an activating group) is 1. The number of hydrogen-bond acceptors (Lipinski definition) is 4. The van der Waals surface area contributed by atoms with Crippen molar-refractivity contribution in [1.82, 2.24) is 15.5 Å². The van der Waals surface area contributed by atoms with Gasteiger partial charge in [0.25, 0.3) is 0 Å². The fraction of sp³-hybridized carbons (Fsp3) is 0.667. The van der Waals surface area contributed by atoms with Crippen LogP contribution in [0.3, 0.4) is 0 Å². The molecule has 1 aliphatic carbocycles. The summed E-state index contributed by atoms with van der Waals surface area (Å²) in [5, 5.41) is 17.0. The van der Waals surface area contributed by atoms with Crippen LogP contribution in [0.15, 0.2) is 29.3 Å². The van der Waals surface area contributed by atoms with E-state index in [1.807, 2.05) is 45.0 Å². The number of guanidine groups is 1. The van der Waals surface area contributed by atoms with Gasteiger partial charge in [-0.1, -0.05) is 12.1 Å². The summed E-state index contributed by atoms with van der Waals surface area (Å²) in [6.07, 6.45) is 2.15. The number of nitrogens with one attached hydrogen (secondary N) is 2. The highest BCUT2D eigenvalue weighted by molar-refractivity contribution is 5.79. The Balaban J connectivity index is 1.89. The summed E-state index contributed by atoms with van der Waals surface area (Å²) in [6, 6.07) is 8.09. The van der Waals surface area contributed by atoms with E-state index >= 15 is 0 Å². The van der Waals surface area contributed by atoms with E-state index in [4.69, 9.17) is 9.73 Å². The van der Waals surface area contributed by atoms with Gasteiger partial charge in [-0.15, -0.1) is 0 Å². The topological polar surface area (TPSA) is 69.1 Å². The van der Waals surface area contributed by atoms with Gasteiger partial charge in [0.05, 0.1) is 18.8 Å². The number of hydrogen-bond donors (Lipinski definition) is 3. The molecule has 1 aliphatic rings. The molecular weight excluding hydrogens is 340 g/mol. The Morgan fingerprint density at radius 1 is 1.22 bits per heavy atom. The van der Waals surface area contributed by atoms with Crippen LogP contribution in [0.4, 0.5) is 0 Å². The van der Waals surface area contributed by atoms with Crippen LogP contribution in [0.1, 0.15) is 45.3 Å². The molecule has 152 valence electrons. The third-order valence-corrected chi connectivity index (χ3v) is 4.71. The molecule has 0 bridgehead atoms. The van der Waals surface area contributed by atoms with Crippen molar-refractivity contribution in [2.75, 3.05) is 33.7 Å². The first kappa shape index (κ1) is 21.5. The lowest BCUT2D eigenvalue weighted by Crippen LogP contribution is -2.41. The summed E-state index contributed by atoms with van der Waals surface area (Å²) < 4.78 is 5.65. The number of aliphatic imine (C=N–C) groups is 1. The molecule has 0 spiro atoms. The minimum absolute atomic E-state index is 0.142. The van der Waals surface area contributed by atoms with Crippen LogP contribution in [0.2, 0.25) is 0 Å². The minimum atomic E-state index is -0.602. The summed E-state index contributed by atoms with van der Waals surface area (Å²) >= 11 is 0. The van der Waals surface area contributed by atoms with E-state index in [0.29, 0.717) is 12.6 Å². The molecule has 1 aromatic rings. The van der Waals surface area contributed by atoms with Crippen molar-refractivity contribution >= 4 is 5.96 Å². The SMILES string of the molecule is CCNC(=NCC(C1CC1)N(C)C)NCC(O)c1ccc(OC(C)C)cc1. The molecule has 0 amide bonds. The number of ether oxygens (including phenoxy) is 1. The fourth-order valence-electron chi connectivity index (χ4n) is 3.09. The van der Waals surface area contributed by atoms with Crippen LogP contribution >= 0.6 is 0 Å². The Bertz CT molecular complexity index is 580. The first-order valence-electron chi connectivity index (χ1n) is 10.0. The van der Waals surface area contributed by atoms with Crippen LogP contribution in [-0.4, -0.2) is 61.8 Å². The van der Waals surface area contributed by atoms with Crippen LogP contribution < -0.4 is 15.4 Å². The molecule has 2 unspecified atom stereocenters. The van der Waals surface area contributed by atoms with Gasteiger partial charge < -0.3 is 25.4 Å². The Hall–Kier alpha value is -1.79. The van der Waals surface area contributed by atoms with Crippen LogP contribution in [0.5, 0.6) is 5.75 Å². The molecule has 0 aromatic heterocycles. The quantitative estimate of drug-likeness (QED) is 0.432. The van der Waals surface area contributed by atoms with E-state index < -0.39 is 6.10 Å². The Kier molecular flexibility index (Phi) is 8.38. The Labute approximate surface area is 164 Å². The van der Waals surface area contributed by atoms with Gasteiger partial charge in [0.1, 0.15) is 5.75 Å². The smallest absolute Gasteiger partial charge is 0.191 e. The predicted molar refractivity (Wildman–Crippen MR) is 111 cm³/mol. The van der Waals surface area contributed by atoms with Gasteiger partial charge in [-0.2, -0.15) is 0 Å². The number of nitrogens with zero attached hydrogens (tertiary/aromatic N) is 2. The molecule has 0 saturated heterocycles. The van der Waals surface area contributed by atoms with Crippen LogP contribution in [0, 0.1) is 5.92 Å². The minimum Gasteiger partial charge on any atom is -0.491 e. The second kappa shape index (κ2) is 10.5. The van der Waals surface area contributed by atoms with Gasteiger partial charge in [0.15, 0.2) is 5.96 Å². The molecule has 2 rings (SSSR count). The molecular formula is C21H36N4O2. The van der Waals surface area contributed by atoms with Crippen molar-refractivity contribution in [3.05, 3.63) is 29.8 Å². The maximum Gasteiger partial charge on any atom is 0.191 e. The average molecular weight is 377 g/mol. The molecule has 1 saturated carbocycles. The van der Waals surface area contributed by atoms with E-state index in [1.165, 1.54) is 12.8 Å². The highest BCUT2D eigenvalue weighted by Crippen LogP contribution is 2.34. The van der Waals surface area contributed by atoms with Crippen molar-refractivity contribution in [3.63, 3.8) is 0 Å². The number of benzene rings is 1. The average Bonchev–Trinajstić information content (AvgIpc) is 3.44. The summed E-state index contributed by atoms with van der Waals surface area (Å²) in [5.74, 6) is 2.34. The molecule has 3 N–H and O–H groups in total. The lowest BCUT2D eigenvalue weighted by atomic mass is 10.1. The zero-order valence-corrected chi connectivity index (χ0v) is 17.4. The standard InChI is InChI=1S/C21H36N4O2/c1-6-22-21(23-13-19(25(4)5)16-7-8-16)24-14-20(26)17-9-11-18(12-10-17)27-15(2)3/h9-12,15-16,19-20,26H,6-8,13-14H2,1-5H3,(H2,22,23,24). The van der Waals surface area contributed by atoms with Crippen LogP contribution in [0.25, 0.3) is 0 Å². The summed E-state index contributed by atoms with van der Waals surface area (Å²) in [4.78, 5) is 6.99. The summed E-state index contributed by atoms with van der Waals surface area (Å²) in [7, 11) is 4.24. The van der Waals surface area contributed by atoms with Crippen molar-refractivity contribution in [1.29, 1.82) is 0 Å². The Morgan fingerprint density at radius 2 is 1.89 bits per heavy atom. The summed E-state index contributed by atoms with van der Waals surface area (Å²) in [6.45, 7) is 8.01. The lowest BCUT2D eigenvalue weighted by Gasteiger charge is -2.23. The monoisotopic (exact) mass is 376 g/mol. The fourth-order valence-corrected chi connectivity index (χ4v) is 3.09. The normalized spacial score (nSPS) is 17.1. The number of aliphatic hydroxyl groups excluding tert-OH is 1. The number of aliphatic hydroxyl groups is 1. The lowest BCUT2D eigenvalue weighted by molar-refractivity contribution is 0.180. The second-order valence-corrected chi connectivity index (χ2v) is 7.72. The maximum atomic E-state index is 10.5.